The first-order valence-corrected chi connectivity index (χ1v) is 8.17. The van der Waals surface area contributed by atoms with Gasteiger partial charge in [-0.05, 0) is 37.1 Å². The van der Waals surface area contributed by atoms with Crippen molar-refractivity contribution in [2.24, 2.45) is 13.0 Å². The van der Waals surface area contributed by atoms with Gasteiger partial charge in [-0.3, -0.25) is 14.3 Å². The van der Waals surface area contributed by atoms with Gasteiger partial charge in [-0.15, -0.1) is 0 Å². The van der Waals surface area contributed by atoms with Crippen molar-refractivity contribution >= 4 is 17.5 Å². The summed E-state index contributed by atoms with van der Waals surface area (Å²) in [5.74, 6) is -1.04. The van der Waals surface area contributed by atoms with Crippen LogP contribution in [0.5, 0.6) is 0 Å². The van der Waals surface area contributed by atoms with Crippen LogP contribution in [0.3, 0.4) is 0 Å². The summed E-state index contributed by atoms with van der Waals surface area (Å²) in [4.78, 5) is 26.6. The number of carbonyl (C=O) groups is 2. The maximum Gasteiger partial charge on any atom is 0.229 e. The molecule has 1 fully saturated rings. The van der Waals surface area contributed by atoms with Crippen LogP contribution in [0.1, 0.15) is 30.0 Å². The number of hydrogen-bond donors (Lipinski definition) is 1. The molecule has 2 unspecified atom stereocenters. The lowest BCUT2D eigenvalue weighted by molar-refractivity contribution is -0.140. The van der Waals surface area contributed by atoms with Crippen LogP contribution in [-0.2, 0) is 16.6 Å². The number of rotatable bonds is 3. The summed E-state index contributed by atoms with van der Waals surface area (Å²) in [6, 6.07) is 4.03. The molecule has 0 spiro atoms. The van der Waals surface area contributed by atoms with Gasteiger partial charge < -0.3 is 10.2 Å². The summed E-state index contributed by atoms with van der Waals surface area (Å²) >= 11 is 0. The number of amides is 2. The second kappa shape index (κ2) is 6.66. The number of halogens is 1. The highest BCUT2D eigenvalue weighted by molar-refractivity contribution is 5.94. The third kappa shape index (κ3) is 3.55. The SMILES string of the molecule is Cc1cc(F)cc(NC(=O)C2CCC(=O)N(C)C2c2cnn(C)c2)c1. The molecule has 0 radical (unpaired) electrons. The van der Waals surface area contributed by atoms with Crippen molar-refractivity contribution in [1.82, 2.24) is 14.7 Å². The number of nitrogens with one attached hydrogen (secondary N) is 1. The second-order valence-corrected chi connectivity index (χ2v) is 6.55. The van der Waals surface area contributed by atoms with Gasteiger partial charge in [0.25, 0.3) is 0 Å². The molecule has 2 atom stereocenters. The predicted molar refractivity (Wildman–Crippen MR) is 91.2 cm³/mol. The Balaban J connectivity index is 1.87. The smallest absolute Gasteiger partial charge is 0.229 e. The summed E-state index contributed by atoms with van der Waals surface area (Å²) in [6.45, 7) is 1.77. The molecule has 0 bridgehead atoms. The van der Waals surface area contributed by atoms with E-state index in [1.165, 1.54) is 12.1 Å². The zero-order chi connectivity index (χ0) is 18.1. The molecule has 0 aliphatic carbocycles. The molecule has 1 aromatic carbocycles. The van der Waals surface area contributed by atoms with Crippen molar-refractivity contribution in [3.8, 4) is 0 Å². The minimum Gasteiger partial charge on any atom is -0.338 e. The van der Waals surface area contributed by atoms with Gasteiger partial charge in [-0.2, -0.15) is 5.10 Å². The van der Waals surface area contributed by atoms with Gasteiger partial charge in [0.05, 0.1) is 18.2 Å². The molecule has 2 heterocycles. The predicted octanol–water partition coefficient (Wildman–Crippen LogP) is 2.42. The molecule has 25 heavy (non-hydrogen) atoms. The first-order chi connectivity index (χ1) is 11.8. The van der Waals surface area contributed by atoms with Crippen molar-refractivity contribution < 1.29 is 14.0 Å². The number of nitrogens with zero attached hydrogens (tertiary/aromatic N) is 3. The minimum atomic E-state index is -0.421. The molecular weight excluding hydrogens is 323 g/mol. The van der Waals surface area contributed by atoms with E-state index in [2.05, 4.69) is 10.4 Å². The molecule has 132 valence electrons. The lowest BCUT2D eigenvalue weighted by atomic mass is 9.85. The van der Waals surface area contributed by atoms with E-state index in [1.54, 1.807) is 42.9 Å². The highest BCUT2D eigenvalue weighted by Gasteiger charge is 2.39. The summed E-state index contributed by atoms with van der Waals surface area (Å²) in [5, 5.41) is 6.94. The molecule has 3 rings (SSSR count). The summed E-state index contributed by atoms with van der Waals surface area (Å²) in [7, 11) is 3.49. The maximum absolute atomic E-state index is 13.6. The monoisotopic (exact) mass is 344 g/mol. The van der Waals surface area contributed by atoms with Crippen LogP contribution >= 0.6 is 0 Å². The fourth-order valence-electron chi connectivity index (χ4n) is 3.40. The summed E-state index contributed by atoms with van der Waals surface area (Å²) in [5.41, 5.74) is 1.97. The summed E-state index contributed by atoms with van der Waals surface area (Å²) in [6.07, 6.45) is 4.25. The number of hydrogen-bond acceptors (Lipinski definition) is 3. The second-order valence-electron chi connectivity index (χ2n) is 6.55. The highest BCUT2D eigenvalue weighted by atomic mass is 19.1. The highest BCUT2D eigenvalue weighted by Crippen LogP contribution is 2.36. The van der Waals surface area contributed by atoms with Gasteiger partial charge in [-0.1, -0.05) is 0 Å². The standard InChI is InChI=1S/C18H21FN4O2/c1-11-6-13(19)8-14(7-11)21-18(25)15-4-5-16(24)23(3)17(15)12-9-20-22(2)10-12/h6-10,15,17H,4-5H2,1-3H3,(H,21,25). The van der Waals surface area contributed by atoms with E-state index in [-0.39, 0.29) is 17.9 Å². The van der Waals surface area contributed by atoms with Gasteiger partial charge in [0.1, 0.15) is 5.82 Å². The molecule has 2 aromatic rings. The molecule has 7 heteroatoms. The lowest BCUT2D eigenvalue weighted by Gasteiger charge is -2.37. The average molecular weight is 344 g/mol. The first-order valence-electron chi connectivity index (χ1n) is 8.17. The van der Waals surface area contributed by atoms with E-state index in [0.717, 1.165) is 11.1 Å². The van der Waals surface area contributed by atoms with Crippen LogP contribution in [0.25, 0.3) is 0 Å². The number of aromatic nitrogens is 2. The lowest BCUT2D eigenvalue weighted by Crippen LogP contribution is -2.44. The van der Waals surface area contributed by atoms with Crippen LogP contribution in [0.2, 0.25) is 0 Å². The Morgan fingerprint density at radius 3 is 2.72 bits per heavy atom. The van der Waals surface area contributed by atoms with Crippen molar-refractivity contribution in [2.75, 3.05) is 12.4 Å². The van der Waals surface area contributed by atoms with E-state index in [0.29, 0.717) is 18.5 Å². The molecule has 1 aliphatic heterocycles. The van der Waals surface area contributed by atoms with E-state index >= 15 is 0 Å². The van der Waals surface area contributed by atoms with Crippen molar-refractivity contribution in [3.05, 3.63) is 47.5 Å². The van der Waals surface area contributed by atoms with Gasteiger partial charge >= 0.3 is 0 Å². The van der Waals surface area contributed by atoms with Crippen molar-refractivity contribution in [1.29, 1.82) is 0 Å². The molecule has 1 aliphatic rings. The Hall–Kier alpha value is -2.70. The van der Waals surface area contributed by atoms with E-state index in [4.69, 9.17) is 0 Å². The third-order valence-electron chi connectivity index (χ3n) is 4.57. The molecule has 0 saturated carbocycles. The first kappa shape index (κ1) is 17.1. The number of carbonyl (C=O) groups excluding carboxylic acids is 2. The Bertz CT molecular complexity index is 797. The zero-order valence-corrected chi connectivity index (χ0v) is 14.5. The molecule has 1 N–H and O–H groups in total. The number of likely N-dealkylation sites (tertiary alicyclic amines) is 1. The van der Waals surface area contributed by atoms with Crippen molar-refractivity contribution in [3.63, 3.8) is 0 Å². The summed E-state index contributed by atoms with van der Waals surface area (Å²) < 4.78 is 15.2. The molecule has 1 aromatic heterocycles. The van der Waals surface area contributed by atoms with Crippen molar-refractivity contribution in [2.45, 2.75) is 25.8 Å². The van der Waals surface area contributed by atoms with Crippen LogP contribution in [0, 0.1) is 18.7 Å². The van der Waals surface area contributed by atoms with Crippen LogP contribution in [0.4, 0.5) is 10.1 Å². The minimum absolute atomic E-state index is 0.000460. The Morgan fingerprint density at radius 1 is 1.32 bits per heavy atom. The van der Waals surface area contributed by atoms with Gasteiger partial charge in [0, 0.05) is 38.0 Å². The van der Waals surface area contributed by atoms with E-state index in [9.17, 15) is 14.0 Å². The Labute approximate surface area is 145 Å². The maximum atomic E-state index is 13.6. The topological polar surface area (TPSA) is 67.2 Å². The fraction of sp³-hybridized carbons (Fsp3) is 0.389. The molecule has 1 saturated heterocycles. The van der Waals surface area contributed by atoms with Crippen LogP contribution in [0.15, 0.2) is 30.6 Å². The molecule has 2 amide bonds. The van der Waals surface area contributed by atoms with Gasteiger partial charge in [-0.25, -0.2) is 4.39 Å². The Morgan fingerprint density at radius 2 is 2.08 bits per heavy atom. The fourth-order valence-corrected chi connectivity index (χ4v) is 3.40. The average Bonchev–Trinajstić information content (AvgIpc) is 2.94. The normalized spacial score (nSPS) is 20.6. The van der Waals surface area contributed by atoms with Gasteiger partial charge in [0.15, 0.2) is 0 Å². The molecule has 6 nitrogen and oxygen atoms in total. The van der Waals surface area contributed by atoms with Crippen LogP contribution in [-0.4, -0.2) is 33.5 Å². The number of piperidine rings is 1. The Kier molecular flexibility index (Phi) is 4.57. The van der Waals surface area contributed by atoms with E-state index in [1.807, 2.05) is 6.20 Å². The number of benzene rings is 1. The quantitative estimate of drug-likeness (QED) is 0.930. The third-order valence-corrected chi connectivity index (χ3v) is 4.57. The zero-order valence-electron chi connectivity index (χ0n) is 14.5. The number of aryl methyl sites for hydroxylation is 2. The van der Waals surface area contributed by atoms with Crippen LogP contribution < -0.4 is 5.32 Å². The van der Waals surface area contributed by atoms with Gasteiger partial charge in [0.2, 0.25) is 11.8 Å². The number of anilines is 1. The van der Waals surface area contributed by atoms with E-state index < -0.39 is 11.7 Å². The molecular formula is C18H21FN4O2. The largest absolute Gasteiger partial charge is 0.338 e.